The summed E-state index contributed by atoms with van der Waals surface area (Å²) in [5.41, 5.74) is 2.20. The average molecular weight is 318 g/mol. The standard InChI is InChI=1S/C18H26N2O3/c1-18(2,3)23-17(22)20-11-15(16(21)12-20)19-9-8-13-6-4-5-7-14(13)10-19/h4-7,15-16,21H,8-12H2,1-3H3/t15-,16-/m0/s1. The number of carbonyl (C=O) groups excluding carboxylic acids is 1. The first-order valence-electron chi connectivity index (χ1n) is 8.30. The van der Waals surface area contributed by atoms with Crippen molar-refractivity contribution >= 4 is 6.09 Å². The fourth-order valence-electron chi connectivity index (χ4n) is 3.40. The van der Waals surface area contributed by atoms with Crippen LogP contribution in [0, 0.1) is 0 Å². The molecule has 0 saturated carbocycles. The van der Waals surface area contributed by atoms with Crippen LogP contribution in [0.3, 0.4) is 0 Å². The topological polar surface area (TPSA) is 53.0 Å². The van der Waals surface area contributed by atoms with Crippen LogP contribution in [0.5, 0.6) is 0 Å². The third kappa shape index (κ3) is 3.67. The lowest BCUT2D eigenvalue weighted by Crippen LogP contribution is -2.46. The summed E-state index contributed by atoms with van der Waals surface area (Å²) in [5, 5.41) is 10.4. The Balaban J connectivity index is 1.65. The molecule has 2 aliphatic heterocycles. The molecule has 2 aliphatic rings. The van der Waals surface area contributed by atoms with Crippen LogP contribution in [-0.2, 0) is 17.7 Å². The molecule has 0 aliphatic carbocycles. The summed E-state index contributed by atoms with van der Waals surface area (Å²) < 4.78 is 5.42. The van der Waals surface area contributed by atoms with Gasteiger partial charge < -0.3 is 14.7 Å². The number of aliphatic hydroxyl groups is 1. The van der Waals surface area contributed by atoms with Crippen LogP contribution in [0.15, 0.2) is 24.3 Å². The second-order valence-electron chi connectivity index (χ2n) is 7.51. The third-order valence-corrected chi connectivity index (χ3v) is 4.54. The molecule has 2 heterocycles. The van der Waals surface area contributed by atoms with E-state index in [2.05, 4.69) is 29.2 Å². The number of carbonyl (C=O) groups is 1. The van der Waals surface area contributed by atoms with Gasteiger partial charge >= 0.3 is 6.09 Å². The molecule has 126 valence electrons. The molecule has 1 N–H and O–H groups in total. The van der Waals surface area contributed by atoms with Gasteiger partial charge in [0.25, 0.3) is 0 Å². The van der Waals surface area contributed by atoms with Crippen LogP contribution < -0.4 is 0 Å². The van der Waals surface area contributed by atoms with E-state index in [4.69, 9.17) is 4.74 Å². The summed E-state index contributed by atoms with van der Waals surface area (Å²) in [6, 6.07) is 8.43. The highest BCUT2D eigenvalue weighted by Crippen LogP contribution is 2.25. The molecule has 5 nitrogen and oxygen atoms in total. The monoisotopic (exact) mass is 318 g/mol. The first-order valence-corrected chi connectivity index (χ1v) is 8.30. The molecule has 1 amide bonds. The van der Waals surface area contributed by atoms with Crippen molar-refractivity contribution in [3.63, 3.8) is 0 Å². The molecule has 1 aromatic rings. The molecule has 1 fully saturated rings. The molecule has 0 radical (unpaired) electrons. The lowest BCUT2D eigenvalue weighted by atomic mass is 9.98. The molecule has 23 heavy (non-hydrogen) atoms. The molecule has 0 bridgehead atoms. The van der Waals surface area contributed by atoms with Crippen LogP contribution in [-0.4, -0.2) is 58.4 Å². The van der Waals surface area contributed by atoms with Gasteiger partial charge in [0.05, 0.1) is 18.7 Å². The highest BCUT2D eigenvalue weighted by molar-refractivity contribution is 5.68. The normalized spacial score (nSPS) is 25.3. The van der Waals surface area contributed by atoms with E-state index in [1.54, 1.807) is 4.90 Å². The van der Waals surface area contributed by atoms with Gasteiger partial charge in [-0.05, 0) is 38.3 Å². The number of rotatable bonds is 1. The minimum Gasteiger partial charge on any atom is -0.444 e. The van der Waals surface area contributed by atoms with E-state index >= 15 is 0 Å². The maximum Gasteiger partial charge on any atom is 0.410 e. The van der Waals surface area contributed by atoms with Gasteiger partial charge in [0.15, 0.2) is 0 Å². The molecule has 0 spiro atoms. The number of ether oxygens (including phenoxy) is 1. The largest absolute Gasteiger partial charge is 0.444 e. The maximum absolute atomic E-state index is 12.2. The predicted octanol–water partition coefficient (Wildman–Crippen LogP) is 2.02. The minimum absolute atomic E-state index is 0.0177. The second-order valence-corrected chi connectivity index (χ2v) is 7.51. The fourth-order valence-corrected chi connectivity index (χ4v) is 3.40. The van der Waals surface area contributed by atoms with Gasteiger partial charge in [-0.1, -0.05) is 24.3 Å². The Morgan fingerprint density at radius 2 is 1.91 bits per heavy atom. The molecule has 2 atom stereocenters. The minimum atomic E-state index is -0.521. The summed E-state index contributed by atoms with van der Waals surface area (Å²) in [7, 11) is 0. The van der Waals surface area contributed by atoms with Gasteiger partial charge in [-0.25, -0.2) is 4.79 Å². The first kappa shape index (κ1) is 16.3. The van der Waals surface area contributed by atoms with Crippen molar-refractivity contribution in [1.29, 1.82) is 0 Å². The van der Waals surface area contributed by atoms with Gasteiger partial charge in [0, 0.05) is 19.6 Å². The Morgan fingerprint density at radius 3 is 2.61 bits per heavy atom. The Labute approximate surface area is 137 Å². The van der Waals surface area contributed by atoms with Crippen LogP contribution >= 0.6 is 0 Å². The van der Waals surface area contributed by atoms with Gasteiger partial charge in [0.1, 0.15) is 5.60 Å². The number of hydrogen-bond acceptors (Lipinski definition) is 4. The van der Waals surface area contributed by atoms with E-state index in [-0.39, 0.29) is 12.1 Å². The number of aliphatic hydroxyl groups excluding tert-OH is 1. The van der Waals surface area contributed by atoms with E-state index in [9.17, 15) is 9.90 Å². The van der Waals surface area contributed by atoms with Crippen molar-refractivity contribution in [3.8, 4) is 0 Å². The van der Waals surface area contributed by atoms with Gasteiger partial charge in [0.2, 0.25) is 0 Å². The molecular weight excluding hydrogens is 292 g/mol. The van der Waals surface area contributed by atoms with Crippen molar-refractivity contribution in [2.75, 3.05) is 19.6 Å². The number of benzene rings is 1. The van der Waals surface area contributed by atoms with Crippen molar-refractivity contribution in [2.24, 2.45) is 0 Å². The summed E-state index contributed by atoms with van der Waals surface area (Å²) in [4.78, 5) is 16.1. The van der Waals surface area contributed by atoms with E-state index in [1.165, 1.54) is 11.1 Å². The lowest BCUT2D eigenvalue weighted by Gasteiger charge is -2.34. The second kappa shape index (κ2) is 6.13. The molecular formula is C18H26N2O3. The Hall–Kier alpha value is -1.59. The lowest BCUT2D eigenvalue weighted by molar-refractivity contribution is 0.0269. The summed E-state index contributed by atoms with van der Waals surface area (Å²) in [6.45, 7) is 8.19. The molecule has 5 heteroatoms. The highest BCUT2D eigenvalue weighted by Gasteiger charge is 2.39. The summed E-state index contributed by atoms with van der Waals surface area (Å²) in [6.07, 6.45) is 0.135. The van der Waals surface area contributed by atoms with Crippen LogP contribution in [0.2, 0.25) is 0 Å². The van der Waals surface area contributed by atoms with Gasteiger partial charge in [-0.15, -0.1) is 0 Å². The first-order chi connectivity index (χ1) is 10.8. The van der Waals surface area contributed by atoms with Crippen molar-refractivity contribution in [2.45, 2.75) is 51.5 Å². The Kier molecular flexibility index (Phi) is 4.34. The van der Waals surface area contributed by atoms with Crippen molar-refractivity contribution in [1.82, 2.24) is 9.80 Å². The third-order valence-electron chi connectivity index (χ3n) is 4.54. The summed E-state index contributed by atoms with van der Waals surface area (Å²) >= 11 is 0. The zero-order valence-corrected chi connectivity index (χ0v) is 14.2. The number of amides is 1. The number of nitrogens with zero attached hydrogens (tertiary/aromatic N) is 2. The van der Waals surface area contributed by atoms with Crippen LogP contribution in [0.1, 0.15) is 31.9 Å². The zero-order chi connectivity index (χ0) is 16.6. The van der Waals surface area contributed by atoms with E-state index in [1.807, 2.05) is 20.8 Å². The Bertz CT molecular complexity index is 582. The predicted molar refractivity (Wildman–Crippen MR) is 88.2 cm³/mol. The average Bonchev–Trinajstić information content (AvgIpc) is 2.87. The van der Waals surface area contributed by atoms with E-state index in [0.29, 0.717) is 13.1 Å². The number of β-amino-alcohol motifs (C(OH)–C–C–N with tert-alkyl or cyclic N) is 1. The number of fused-ring (bicyclic) bond motifs is 1. The molecule has 0 aromatic heterocycles. The van der Waals surface area contributed by atoms with E-state index < -0.39 is 11.7 Å². The van der Waals surface area contributed by atoms with Crippen LogP contribution in [0.4, 0.5) is 4.79 Å². The van der Waals surface area contributed by atoms with Crippen molar-refractivity contribution < 1.29 is 14.6 Å². The van der Waals surface area contributed by atoms with Crippen molar-refractivity contribution in [3.05, 3.63) is 35.4 Å². The quantitative estimate of drug-likeness (QED) is 0.861. The maximum atomic E-state index is 12.2. The highest BCUT2D eigenvalue weighted by atomic mass is 16.6. The number of likely N-dealkylation sites (tertiary alicyclic amines) is 1. The van der Waals surface area contributed by atoms with Gasteiger partial charge in [-0.2, -0.15) is 0 Å². The Morgan fingerprint density at radius 1 is 1.22 bits per heavy atom. The number of hydrogen-bond donors (Lipinski definition) is 1. The fraction of sp³-hybridized carbons (Fsp3) is 0.611. The SMILES string of the molecule is CC(C)(C)OC(=O)N1C[C@H](O)[C@@H](N2CCc3ccccc3C2)C1. The van der Waals surface area contributed by atoms with E-state index in [0.717, 1.165) is 19.5 Å². The smallest absolute Gasteiger partial charge is 0.410 e. The van der Waals surface area contributed by atoms with Gasteiger partial charge in [-0.3, -0.25) is 4.90 Å². The van der Waals surface area contributed by atoms with Crippen LogP contribution in [0.25, 0.3) is 0 Å². The zero-order valence-electron chi connectivity index (χ0n) is 14.2. The summed E-state index contributed by atoms with van der Waals surface area (Å²) in [5.74, 6) is 0. The molecule has 1 saturated heterocycles. The molecule has 3 rings (SSSR count). The molecule has 1 aromatic carbocycles. The molecule has 0 unspecified atom stereocenters.